The van der Waals surface area contributed by atoms with Gasteiger partial charge in [-0.25, -0.2) is 4.98 Å². The Morgan fingerprint density at radius 2 is 2.05 bits per heavy atom. The molecule has 1 N–H and O–H groups in total. The van der Waals surface area contributed by atoms with Crippen LogP contribution in [-0.2, 0) is 11.3 Å². The minimum Gasteiger partial charge on any atom is -0.477 e. The molecule has 0 aliphatic carbocycles. The fraction of sp³-hybridized carbons (Fsp3) is 0.733. The Morgan fingerprint density at radius 3 is 2.71 bits per heavy atom. The van der Waals surface area contributed by atoms with Gasteiger partial charge in [-0.05, 0) is 33.9 Å². The molecular weight excluding hydrogens is 268 g/mol. The van der Waals surface area contributed by atoms with Gasteiger partial charge in [0, 0.05) is 25.8 Å². The van der Waals surface area contributed by atoms with Crippen molar-refractivity contribution in [1.29, 1.82) is 0 Å². The molecule has 0 aromatic carbocycles. The second-order valence-electron chi connectivity index (χ2n) is 5.08. The lowest BCUT2D eigenvalue weighted by Crippen LogP contribution is -2.16. The van der Waals surface area contributed by atoms with Crippen LogP contribution in [-0.4, -0.2) is 55.3 Å². The smallest absolute Gasteiger partial charge is 0.218 e. The van der Waals surface area contributed by atoms with E-state index in [9.17, 15) is 0 Å². The predicted molar refractivity (Wildman–Crippen MR) is 84.8 cm³/mol. The van der Waals surface area contributed by atoms with Gasteiger partial charge in [0.1, 0.15) is 12.4 Å². The molecule has 0 unspecified atom stereocenters. The van der Waals surface area contributed by atoms with Crippen molar-refractivity contribution in [3.05, 3.63) is 11.9 Å². The van der Waals surface area contributed by atoms with Gasteiger partial charge in [0.05, 0.1) is 6.61 Å². The third-order valence-corrected chi connectivity index (χ3v) is 2.74. The molecule has 0 aliphatic heterocycles. The zero-order chi connectivity index (χ0) is 15.5. The molecule has 0 radical (unpaired) electrons. The summed E-state index contributed by atoms with van der Waals surface area (Å²) in [6, 6.07) is 1.85. The summed E-state index contributed by atoms with van der Waals surface area (Å²) >= 11 is 0. The number of hydrogen-bond donors (Lipinski definition) is 1. The highest BCUT2D eigenvalue weighted by Gasteiger charge is 2.06. The van der Waals surface area contributed by atoms with Crippen LogP contribution >= 0.6 is 0 Å². The van der Waals surface area contributed by atoms with Crippen LogP contribution in [0, 0.1) is 0 Å². The summed E-state index contributed by atoms with van der Waals surface area (Å²) < 4.78 is 11.1. The summed E-state index contributed by atoms with van der Waals surface area (Å²) in [6.07, 6.45) is 2.01. The molecule has 1 rings (SSSR count). The highest BCUT2D eigenvalue weighted by molar-refractivity contribution is 5.38. The van der Waals surface area contributed by atoms with Gasteiger partial charge in [0.15, 0.2) is 5.82 Å². The Hall–Kier alpha value is -1.40. The number of aromatic nitrogens is 2. The van der Waals surface area contributed by atoms with Gasteiger partial charge >= 0.3 is 0 Å². The molecule has 0 bridgehead atoms. The van der Waals surface area contributed by atoms with Crippen molar-refractivity contribution in [1.82, 2.24) is 14.9 Å². The molecule has 0 atom stereocenters. The van der Waals surface area contributed by atoms with Crippen molar-refractivity contribution < 1.29 is 9.47 Å². The maximum atomic E-state index is 5.72. The molecule has 0 aliphatic rings. The standard InChI is InChI=1S/C15H28N4O2/c1-5-8-16-13-11-15(21-10-7-9-19(3)4)18-14(17-13)12-20-6-2/h11H,5-10,12H2,1-4H3,(H,16,17,18). The van der Waals surface area contributed by atoms with Crippen LogP contribution in [0.3, 0.4) is 0 Å². The fourth-order valence-electron chi connectivity index (χ4n) is 1.71. The molecular formula is C15H28N4O2. The minimum absolute atomic E-state index is 0.409. The molecule has 0 saturated heterocycles. The third kappa shape index (κ3) is 7.82. The summed E-state index contributed by atoms with van der Waals surface area (Å²) in [6.45, 7) is 7.66. The summed E-state index contributed by atoms with van der Waals surface area (Å²) in [5.41, 5.74) is 0. The summed E-state index contributed by atoms with van der Waals surface area (Å²) in [5, 5.41) is 3.27. The van der Waals surface area contributed by atoms with E-state index in [-0.39, 0.29) is 0 Å². The van der Waals surface area contributed by atoms with Gasteiger partial charge < -0.3 is 19.7 Å². The Labute approximate surface area is 127 Å². The topological polar surface area (TPSA) is 59.5 Å². The van der Waals surface area contributed by atoms with Crippen molar-refractivity contribution in [3.63, 3.8) is 0 Å². The van der Waals surface area contributed by atoms with E-state index in [2.05, 4.69) is 41.2 Å². The molecule has 1 aromatic heterocycles. The largest absolute Gasteiger partial charge is 0.477 e. The number of nitrogens with one attached hydrogen (secondary N) is 1. The van der Waals surface area contributed by atoms with Gasteiger partial charge in [0.25, 0.3) is 0 Å². The normalized spacial score (nSPS) is 10.9. The maximum absolute atomic E-state index is 5.72. The fourth-order valence-corrected chi connectivity index (χ4v) is 1.71. The monoisotopic (exact) mass is 296 g/mol. The van der Waals surface area contributed by atoms with Gasteiger partial charge in [0.2, 0.25) is 5.88 Å². The molecule has 0 spiro atoms. The van der Waals surface area contributed by atoms with Crippen LogP contribution in [0.5, 0.6) is 5.88 Å². The van der Waals surface area contributed by atoms with E-state index < -0.39 is 0 Å². The van der Waals surface area contributed by atoms with Crippen molar-refractivity contribution in [3.8, 4) is 5.88 Å². The molecule has 0 fully saturated rings. The average Bonchev–Trinajstić information content (AvgIpc) is 2.47. The van der Waals surface area contributed by atoms with Gasteiger partial charge in [-0.2, -0.15) is 4.98 Å². The Balaban J connectivity index is 2.61. The summed E-state index contributed by atoms with van der Waals surface area (Å²) in [4.78, 5) is 11.0. The van der Waals surface area contributed by atoms with Crippen molar-refractivity contribution in [2.75, 3.05) is 45.7 Å². The van der Waals surface area contributed by atoms with Gasteiger partial charge in [-0.3, -0.25) is 0 Å². The quantitative estimate of drug-likeness (QED) is 0.632. The number of anilines is 1. The summed E-state index contributed by atoms with van der Waals surface area (Å²) in [7, 11) is 4.11. The minimum atomic E-state index is 0.409. The molecule has 1 heterocycles. The van der Waals surface area contributed by atoms with E-state index >= 15 is 0 Å². The SMILES string of the molecule is CCCNc1cc(OCCCN(C)C)nc(COCC)n1. The first-order chi connectivity index (χ1) is 10.2. The first kappa shape index (κ1) is 17.7. The highest BCUT2D eigenvalue weighted by Crippen LogP contribution is 2.14. The number of rotatable bonds is 11. The summed E-state index contributed by atoms with van der Waals surface area (Å²) in [5.74, 6) is 2.06. The van der Waals surface area contributed by atoms with Crippen LogP contribution in [0.1, 0.15) is 32.5 Å². The van der Waals surface area contributed by atoms with Crippen LogP contribution in [0.2, 0.25) is 0 Å². The van der Waals surface area contributed by atoms with E-state index in [0.717, 1.165) is 31.7 Å². The Morgan fingerprint density at radius 1 is 1.24 bits per heavy atom. The molecule has 6 nitrogen and oxygen atoms in total. The number of hydrogen-bond acceptors (Lipinski definition) is 6. The molecule has 1 aromatic rings. The van der Waals surface area contributed by atoms with Crippen LogP contribution < -0.4 is 10.1 Å². The lowest BCUT2D eigenvalue weighted by atomic mass is 10.4. The van der Waals surface area contributed by atoms with E-state index in [1.54, 1.807) is 0 Å². The number of nitrogens with zero attached hydrogens (tertiary/aromatic N) is 3. The molecule has 6 heteroatoms. The lowest BCUT2D eigenvalue weighted by molar-refractivity contribution is 0.127. The van der Waals surface area contributed by atoms with Crippen LogP contribution in [0.15, 0.2) is 6.07 Å². The van der Waals surface area contributed by atoms with Crippen molar-refractivity contribution in [2.45, 2.75) is 33.3 Å². The van der Waals surface area contributed by atoms with E-state index in [0.29, 0.717) is 31.5 Å². The van der Waals surface area contributed by atoms with Crippen LogP contribution in [0.25, 0.3) is 0 Å². The van der Waals surface area contributed by atoms with E-state index in [1.165, 1.54) is 0 Å². The Bertz CT molecular complexity index is 373. The molecule has 0 saturated carbocycles. The van der Waals surface area contributed by atoms with Gasteiger partial charge in [-0.15, -0.1) is 0 Å². The first-order valence-electron chi connectivity index (χ1n) is 7.62. The molecule has 21 heavy (non-hydrogen) atoms. The zero-order valence-corrected chi connectivity index (χ0v) is 13.7. The van der Waals surface area contributed by atoms with Gasteiger partial charge in [-0.1, -0.05) is 6.92 Å². The highest BCUT2D eigenvalue weighted by atomic mass is 16.5. The Kier molecular flexibility index (Phi) is 8.69. The van der Waals surface area contributed by atoms with E-state index in [4.69, 9.17) is 9.47 Å². The zero-order valence-electron chi connectivity index (χ0n) is 13.7. The van der Waals surface area contributed by atoms with Crippen molar-refractivity contribution >= 4 is 5.82 Å². The van der Waals surface area contributed by atoms with E-state index in [1.807, 2.05) is 13.0 Å². The van der Waals surface area contributed by atoms with Crippen LogP contribution in [0.4, 0.5) is 5.82 Å². The predicted octanol–water partition coefficient (Wildman–Crippen LogP) is 2.17. The third-order valence-electron chi connectivity index (χ3n) is 2.74. The average molecular weight is 296 g/mol. The molecule has 0 amide bonds. The lowest BCUT2D eigenvalue weighted by Gasteiger charge is -2.12. The van der Waals surface area contributed by atoms with Crippen molar-refractivity contribution in [2.24, 2.45) is 0 Å². The maximum Gasteiger partial charge on any atom is 0.218 e. The molecule has 120 valence electrons. The number of ether oxygens (including phenoxy) is 2. The second-order valence-corrected chi connectivity index (χ2v) is 5.08. The first-order valence-corrected chi connectivity index (χ1v) is 7.62. The second kappa shape index (κ2) is 10.3.